The first kappa shape index (κ1) is 15.5. The van der Waals surface area contributed by atoms with Gasteiger partial charge in [-0.1, -0.05) is 22.0 Å². The molecule has 0 aliphatic carbocycles. The minimum Gasteiger partial charge on any atom is -0.494 e. The van der Waals surface area contributed by atoms with Gasteiger partial charge in [0.05, 0.1) is 7.11 Å². The molecule has 0 spiro atoms. The van der Waals surface area contributed by atoms with Gasteiger partial charge >= 0.3 is 0 Å². The number of carbonyl (C=O) groups excluding carboxylic acids is 1. The predicted molar refractivity (Wildman–Crippen MR) is 84.0 cm³/mol. The average molecular weight is 352 g/mol. The zero-order chi connectivity index (χ0) is 15.2. The van der Waals surface area contributed by atoms with E-state index in [4.69, 9.17) is 4.74 Å². The van der Waals surface area contributed by atoms with Gasteiger partial charge < -0.3 is 10.1 Å². The zero-order valence-electron chi connectivity index (χ0n) is 11.5. The maximum atomic E-state index is 13.5. The fourth-order valence-corrected chi connectivity index (χ4v) is 2.14. The van der Waals surface area contributed by atoms with Crippen LogP contribution in [0.2, 0.25) is 0 Å². The van der Waals surface area contributed by atoms with Gasteiger partial charge in [-0.15, -0.1) is 0 Å². The second-order valence-electron chi connectivity index (χ2n) is 4.52. The summed E-state index contributed by atoms with van der Waals surface area (Å²) in [5, 5.41) is 2.80. The molecule has 0 heterocycles. The Balaban J connectivity index is 1.89. The fourth-order valence-electron chi connectivity index (χ4n) is 1.88. The summed E-state index contributed by atoms with van der Waals surface area (Å²) < 4.78 is 19.3. The number of aryl methyl sites for hydroxylation is 1. The van der Waals surface area contributed by atoms with Crippen LogP contribution in [0.25, 0.3) is 0 Å². The highest BCUT2D eigenvalue weighted by Crippen LogP contribution is 2.19. The summed E-state index contributed by atoms with van der Waals surface area (Å²) in [5.41, 5.74) is 1.50. The van der Waals surface area contributed by atoms with Crippen LogP contribution >= 0.6 is 15.9 Å². The molecule has 2 aromatic carbocycles. The number of amides is 1. The second kappa shape index (κ2) is 7.22. The topological polar surface area (TPSA) is 38.3 Å². The molecule has 0 bridgehead atoms. The summed E-state index contributed by atoms with van der Waals surface area (Å²) >= 11 is 3.33. The Hall–Kier alpha value is -1.88. The van der Waals surface area contributed by atoms with Crippen LogP contribution in [0.4, 0.5) is 10.1 Å². The smallest absolute Gasteiger partial charge is 0.224 e. The molecule has 21 heavy (non-hydrogen) atoms. The molecule has 0 aliphatic rings. The van der Waals surface area contributed by atoms with Crippen molar-refractivity contribution in [3.05, 3.63) is 58.3 Å². The number of methoxy groups -OCH3 is 1. The van der Waals surface area contributed by atoms with E-state index in [1.54, 1.807) is 12.1 Å². The number of hydrogen-bond acceptors (Lipinski definition) is 2. The molecule has 0 saturated carbocycles. The summed E-state index contributed by atoms with van der Waals surface area (Å²) in [6.07, 6.45) is 0.769. The van der Waals surface area contributed by atoms with E-state index < -0.39 is 5.82 Å². The molecule has 0 radical (unpaired) electrons. The van der Waals surface area contributed by atoms with Crippen LogP contribution in [0, 0.1) is 5.82 Å². The maximum absolute atomic E-state index is 13.5. The summed E-state index contributed by atoms with van der Waals surface area (Å²) in [6.45, 7) is 0. The number of ether oxygens (including phenoxy) is 1. The highest BCUT2D eigenvalue weighted by Gasteiger charge is 2.06. The molecule has 0 aliphatic heterocycles. The van der Waals surface area contributed by atoms with E-state index in [0.717, 1.165) is 15.7 Å². The first-order valence-electron chi connectivity index (χ1n) is 6.46. The van der Waals surface area contributed by atoms with Crippen LogP contribution in [0.3, 0.4) is 0 Å². The third-order valence-corrected chi connectivity index (χ3v) is 3.51. The van der Waals surface area contributed by atoms with Crippen molar-refractivity contribution in [2.24, 2.45) is 0 Å². The van der Waals surface area contributed by atoms with Crippen LogP contribution in [-0.4, -0.2) is 13.0 Å². The largest absolute Gasteiger partial charge is 0.494 e. The highest BCUT2D eigenvalue weighted by atomic mass is 79.9. The SMILES string of the molecule is COc1ccc(CCC(=O)Nc2ccc(Br)cc2)cc1F. The molecular weight excluding hydrogens is 337 g/mol. The van der Waals surface area contributed by atoms with Crippen molar-refractivity contribution in [1.82, 2.24) is 0 Å². The molecule has 1 amide bonds. The van der Waals surface area contributed by atoms with Crippen molar-refractivity contribution in [2.75, 3.05) is 12.4 Å². The van der Waals surface area contributed by atoms with E-state index in [1.165, 1.54) is 13.2 Å². The highest BCUT2D eigenvalue weighted by molar-refractivity contribution is 9.10. The first-order valence-corrected chi connectivity index (χ1v) is 7.25. The molecule has 1 N–H and O–H groups in total. The Kier molecular flexibility index (Phi) is 5.33. The fraction of sp³-hybridized carbons (Fsp3) is 0.188. The van der Waals surface area contributed by atoms with Gasteiger partial charge in [0.25, 0.3) is 0 Å². The van der Waals surface area contributed by atoms with Crippen LogP contribution in [-0.2, 0) is 11.2 Å². The van der Waals surface area contributed by atoms with Crippen molar-refractivity contribution in [2.45, 2.75) is 12.8 Å². The van der Waals surface area contributed by atoms with Gasteiger partial charge in [0.15, 0.2) is 11.6 Å². The number of nitrogens with one attached hydrogen (secondary N) is 1. The molecule has 3 nitrogen and oxygen atoms in total. The van der Waals surface area contributed by atoms with Gasteiger partial charge in [0.2, 0.25) is 5.91 Å². The first-order chi connectivity index (χ1) is 10.1. The van der Waals surface area contributed by atoms with Gasteiger partial charge in [-0.2, -0.15) is 0 Å². The molecule has 2 rings (SSSR count). The van der Waals surface area contributed by atoms with Gasteiger partial charge in [-0.25, -0.2) is 4.39 Å². The van der Waals surface area contributed by atoms with Crippen molar-refractivity contribution in [1.29, 1.82) is 0 Å². The van der Waals surface area contributed by atoms with Gasteiger partial charge in [0, 0.05) is 16.6 Å². The van der Waals surface area contributed by atoms with Crippen molar-refractivity contribution in [3.63, 3.8) is 0 Å². The lowest BCUT2D eigenvalue weighted by Crippen LogP contribution is -2.12. The summed E-state index contributed by atoms with van der Waals surface area (Å²) in [6, 6.07) is 12.1. The Morgan fingerprint density at radius 3 is 2.57 bits per heavy atom. The van der Waals surface area contributed by atoms with Crippen LogP contribution in [0.1, 0.15) is 12.0 Å². The summed E-state index contributed by atoms with van der Waals surface area (Å²) in [4.78, 5) is 11.8. The second-order valence-corrected chi connectivity index (χ2v) is 5.44. The Labute approximate surface area is 131 Å². The van der Waals surface area contributed by atoms with Crippen molar-refractivity contribution in [3.8, 4) is 5.75 Å². The number of halogens is 2. The van der Waals surface area contributed by atoms with E-state index in [-0.39, 0.29) is 11.7 Å². The lowest BCUT2D eigenvalue weighted by atomic mass is 10.1. The Bertz CT molecular complexity index is 629. The van der Waals surface area contributed by atoms with E-state index >= 15 is 0 Å². The van der Waals surface area contributed by atoms with Gasteiger partial charge in [-0.3, -0.25) is 4.79 Å². The van der Waals surface area contributed by atoms with E-state index in [9.17, 15) is 9.18 Å². The van der Waals surface area contributed by atoms with E-state index in [2.05, 4.69) is 21.2 Å². The standard InChI is InChI=1S/C16H15BrFNO2/c1-21-15-8-2-11(10-14(15)18)3-9-16(20)19-13-6-4-12(17)5-7-13/h2,4-8,10H,3,9H2,1H3,(H,19,20). The van der Waals surface area contributed by atoms with Gasteiger partial charge in [0.1, 0.15) is 0 Å². The summed E-state index contributed by atoms with van der Waals surface area (Å²) in [7, 11) is 1.42. The van der Waals surface area contributed by atoms with Crippen molar-refractivity contribution >= 4 is 27.5 Å². The van der Waals surface area contributed by atoms with E-state index in [1.807, 2.05) is 24.3 Å². The van der Waals surface area contributed by atoms with E-state index in [0.29, 0.717) is 12.8 Å². The van der Waals surface area contributed by atoms with Crippen LogP contribution in [0.15, 0.2) is 46.9 Å². The Morgan fingerprint density at radius 2 is 1.95 bits per heavy atom. The number of benzene rings is 2. The molecule has 0 saturated heterocycles. The average Bonchev–Trinajstić information content (AvgIpc) is 2.48. The number of anilines is 1. The quantitative estimate of drug-likeness (QED) is 0.877. The zero-order valence-corrected chi connectivity index (χ0v) is 13.1. The molecular formula is C16H15BrFNO2. The Morgan fingerprint density at radius 1 is 1.24 bits per heavy atom. The third kappa shape index (κ3) is 4.56. The van der Waals surface area contributed by atoms with Crippen molar-refractivity contribution < 1.29 is 13.9 Å². The monoisotopic (exact) mass is 351 g/mol. The lowest BCUT2D eigenvalue weighted by molar-refractivity contribution is -0.116. The predicted octanol–water partition coefficient (Wildman–Crippen LogP) is 4.17. The van der Waals surface area contributed by atoms with Gasteiger partial charge in [-0.05, 0) is 48.4 Å². The lowest BCUT2D eigenvalue weighted by Gasteiger charge is -2.07. The number of carbonyl (C=O) groups is 1. The molecule has 0 aromatic heterocycles. The minimum atomic E-state index is -0.414. The molecule has 0 atom stereocenters. The van der Waals surface area contributed by atoms with Crippen LogP contribution < -0.4 is 10.1 Å². The molecule has 2 aromatic rings. The van der Waals surface area contributed by atoms with Crippen LogP contribution in [0.5, 0.6) is 5.75 Å². The summed E-state index contributed by atoms with van der Waals surface area (Å²) in [5.74, 6) is -0.310. The molecule has 5 heteroatoms. The molecule has 0 unspecified atom stereocenters. The number of rotatable bonds is 5. The normalized spacial score (nSPS) is 10.2. The molecule has 0 fully saturated rings. The third-order valence-electron chi connectivity index (χ3n) is 2.98. The maximum Gasteiger partial charge on any atom is 0.224 e. The number of hydrogen-bond donors (Lipinski definition) is 1. The minimum absolute atomic E-state index is 0.103. The molecule has 110 valence electrons.